The van der Waals surface area contributed by atoms with Gasteiger partial charge in [-0.1, -0.05) is 38.1 Å². The molecule has 0 radical (unpaired) electrons. The molecule has 1 fully saturated rings. The highest BCUT2D eigenvalue weighted by Gasteiger charge is 2.28. The predicted molar refractivity (Wildman–Crippen MR) is 75.9 cm³/mol. The minimum absolute atomic E-state index is 0.0532. The second-order valence-corrected chi connectivity index (χ2v) is 5.56. The summed E-state index contributed by atoms with van der Waals surface area (Å²) in [6, 6.07) is 11.1. The Hall–Kier alpha value is -1.37. The van der Waals surface area contributed by atoms with Crippen LogP contribution < -0.4 is 0 Å². The third-order valence-corrected chi connectivity index (χ3v) is 3.81. The van der Waals surface area contributed by atoms with Gasteiger partial charge >= 0.3 is 0 Å². The van der Waals surface area contributed by atoms with E-state index in [1.165, 1.54) is 11.1 Å². The Morgan fingerprint density at radius 2 is 2.16 bits per heavy atom. The minimum atomic E-state index is 0.0532. The lowest BCUT2D eigenvalue weighted by Crippen LogP contribution is -2.42. The van der Waals surface area contributed by atoms with Crippen molar-refractivity contribution >= 4 is 0 Å². The molecule has 2 rings (SSSR count). The zero-order chi connectivity index (χ0) is 13.8. The third-order valence-electron chi connectivity index (χ3n) is 3.81. The maximum Gasteiger partial charge on any atom is 0.0832 e. The number of hydrogen-bond donors (Lipinski definition) is 0. The third kappa shape index (κ3) is 3.15. The number of morpholine rings is 1. The van der Waals surface area contributed by atoms with E-state index >= 15 is 0 Å². The smallest absolute Gasteiger partial charge is 0.0832 e. The van der Waals surface area contributed by atoms with Crippen LogP contribution in [0.15, 0.2) is 24.3 Å². The Morgan fingerprint density at radius 3 is 2.79 bits per heavy atom. The molecule has 3 nitrogen and oxygen atoms in total. The average Bonchev–Trinajstić information content (AvgIpc) is 2.39. The van der Waals surface area contributed by atoms with Gasteiger partial charge in [-0.2, -0.15) is 5.26 Å². The summed E-state index contributed by atoms with van der Waals surface area (Å²) in [7, 11) is 2.12. The van der Waals surface area contributed by atoms with E-state index in [9.17, 15) is 0 Å². The number of ether oxygens (including phenoxy) is 1. The molecule has 102 valence electrons. The lowest BCUT2D eigenvalue weighted by Gasteiger charge is -2.38. The van der Waals surface area contributed by atoms with Crippen LogP contribution in [-0.2, 0) is 4.74 Å². The molecule has 1 saturated heterocycles. The normalized spacial score (nSPS) is 24.4. The van der Waals surface area contributed by atoms with E-state index < -0.39 is 0 Å². The number of benzene rings is 1. The van der Waals surface area contributed by atoms with Gasteiger partial charge in [0.05, 0.1) is 31.2 Å². The van der Waals surface area contributed by atoms with E-state index in [0.29, 0.717) is 25.0 Å². The molecule has 1 heterocycles. The van der Waals surface area contributed by atoms with Crippen LogP contribution in [-0.4, -0.2) is 31.2 Å². The van der Waals surface area contributed by atoms with Crippen LogP contribution in [0.3, 0.4) is 0 Å². The van der Waals surface area contributed by atoms with Gasteiger partial charge in [-0.25, -0.2) is 0 Å². The van der Waals surface area contributed by atoms with Crippen LogP contribution in [0.25, 0.3) is 0 Å². The van der Waals surface area contributed by atoms with Crippen molar-refractivity contribution in [3.63, 3.8) is 0 Å². The van der Waals surface area contributed by atoms with Gasteiger partial charge in [-0.15, -0.1) is 0 Å². The van der Waals surface area contributed by atoms with Crippen LogP contribution in [0.1, 0.15) is 43.4 Å². The zero-order valence-corrected chi connectivity index (χ0v) is 12.0. The molecule has 0 spiro atoms. The molecule has 2 unspecified atom stereocenters. The van der Waals surface area contributed by atoms with Gasteiger partial charge in [0.15, 0.2) is 0 Å². The lowest BCUT2D eigenvalue weighted by molar-refractivity contribution is -0.0523. The minimum Gasteiger partial charge on any atom is -0.374 e. The number of rotatable bonds is 3. The van der Waals surface area contributed by atoms with Crippen molar-refractivity contribution in [3.8, 4) is 6.07 Å². The van der Waals surface area contributed by atoms with Crippen molar-refractivity contribution in [1.82, 2.24) is 4.90 Å². The monoisotopic (exact) mass is 258 g/mol. The van der Waals surface area contributed by atoms with E-state index in [-0.39, 0.29) is 6.10 Å². The topological polar surface area (TPSA) is 36.3 Å². The van der Waals surface area contributed by atoms with E-state index in [1.54, 1.807) is 0 Å². The fourth-order valence-corrected chi connectivity index (χ4v) is 2.75. The van der Waals surface area contributed by atoms with Crippen LogP contribution in [0.5, 0.6) is 0 Å². The second-order valence-electron chi connectivity index (χ2n) is 5.56. The Bertz CT molecular complexity index is 464. The maximum atomic E-state index is 8.76. The van der Waals surface area contributed by atoms with Crippen LogP contribution in [0.4, 0.5) is 0 Å². The molecular weight excluding hydrogens is 236 g/mol. The van der Waals surface area contributed by atoms with E-state index in [1.807, 2.05) is 0 Å². The summed E-state index contributed by atoms with van der Waals surface area (Å²) in [4.78, 5) is 2.31. The molecule has 1 aromatic rings. The summed E-state index contributed by atoms with van der Waals surface area (Å²) in [5, 5.41) is 8.76. The molecule has 0 N–H and O–H groups in total. The first kappa shape index (κ1) is 14.0. The van der Waals surface area contributed by atoms with Crippen molar-refractivity contribution in [2.75, 3.05) is 20.2 Å². The first-order valence-corrected chi connectivity index (χ1v) is 6.91. The second kappa shape index (κ2) is 6.18. The van der Waals surface area contributed by atoms with E-state index in [2.05, 4.69) is 56.1 Å². The molecule has 2 atom stereocenters. The predicted octanol–water partition coefficient (Wildman–Crippen LogP) is 3.10. The van der Waals surface area contributed by atoms with Crippen molar-refractivity contribution in [1.29, 1.82) is 5.26 Å². The molecule has 0 amide bonds. The molecule has 1 aromatic carbocycles. The van der Waals surface area contributed by atoms with Gasteiger partial charge in [0, 0.05) is 6.54 Å². The van der Waals surface area contributed by atoms with Gasteiger partial charge < -0.3 is 4.74 Å². The van der Waals surface area contributed by atoms with E-state index in [4.69, 9.17) is 10.00 Å². The molecule has 0 aliphatic carbocycles. The van der Waals surface area contributed by atoms with Gasteiger partial charge in [0.2, 0.25) is 0 Å². The highest BCUT2D eigenvalue weighted by atomic mass is 16.5. The summed E-state index contributed by atoms with van der Waals surface area (Å²) in [5.74, 6) is 0.515. The van der Waals surface area contributed by atoms with Crippen molar-refractivity contribution in [2.24, 2.45) is 0 Å². The van der Waals surface area contributed by atoms with Crippen LogP contribution >= 0.6 is 0 Å². The Kier molecular flexibility index (Phi) is 4.57. The highest BCUT2D eigenvalue weighted by Crippen LogP contribution is 2.31. The summed E-state index contributed by atoms with van der Waals surface area (Å²) in [5.41, 5.74) is 2.75. The van der Waals surface area contributed by atoms with E-state index in [0.717, 1.165) is 6.54 Å². The molecule has 0 aromatic heterocycles. The summed E-state index contributed by atoms with van der Waals surface area (Å²) < 4.78 is 5.83. The number of hydrogen-bond acceptors (Lipinski definition) is 3. The molecule has 0 saturated carbocycles. The van der Waals surface area contributed by atoms with Crippen LogP contribution in [0, 0.1) is 11.3 Å². The zero-order valence-electron chi connectivity index (χ0n) is 12.0. The van der Waals surface area contributed by atoms with Gasteiger partial charge in [-0.05, 0) is 24.1 Å². The largest absolute Gasteiger partial charge is 0.374 e. The average molecular weight is 258 g/mol. The summed E-state index contributed by atoms with van der Waals surface area (Å²) >= 11 is 0. The number of nitrogens with zero attached hydrogens (tertiary/aromatic N) is 2. The van der Waals surface area contributed by atoms with Crippen molar-refractivity contribution in [3.05, 3.63) is 35.4 Å². The van der Waals surface area contributed by atoms with Gasteiger partial charge in [-0.3, -0.25) is 4.90 Å². The quantitative estimate of drug-likeness (QED) is 0.836. The molecule has 0 bridgehead atoms. The number of nitriles is 1. The summed E-state index contributed by atoms with van der Waals surface area (Å²) in [6.07, 6.45) is 0.528. The standard InChI is InChI=1S/C16H22N2O/c1-12(2)14-6-4-5-7-15(14)16-11-19-13(8-9-17)10-18(16)3/h4-7,12-13,16H,8,10-11H2,1-3H3. The lowest BCUT2D eigenvalue weighted by atomic mass is 9.91. The maximum absolute atomic E-state index is 8.76. The Balaban J connectivity index is 2.18. The SMILES string of the molecule is CC(C)c1ccccc1C1COC(CC#N)CN1C. The van der Waals surface area contributed by atoms with Gasteiger partial charge in [0.1, 0.15) is 0 Å². The molecule has 1 aliphatic rings. The molecule has 3 heteroatoms. The fourth-order valence-electron chi connectivity index (χ4n) is 2.75. The first-order valence-electron chi connectivity index (χ1n) is 6.91. The van der Waals surface area contributed by atoms with Crippen molar-refractivity contribution < 1.29 is 4.74 Å². The molecule has 1 aliphatic heterocycles. The summed E-state index contributed by atoms with van der Waals surface area (Å²) in [6.45, 7) is 5.94. The number of likely N-dealkylation sites (N-methyl/N-ethyl adjacent to an activating group) is 1. The fraction of sp³-hybridized carbons (Fsp3) is 0.562. The van der Waals surface area contributed by atoms with Crippen molar-refractivity contribution in [2.45, 2.75) is 38.3 Å². The Labute approximate surface area is 115 Å². The van der Waals surface area contributed by atoms with Crippen LogP contribution in [0.2, 0.25) is 0 Å². The molecule has 19 heavy (non-hydrogen) atoms. The Morgan fingerprint density at radius 1 is 1.42 bits per heavy atom. The van der Waals surface area contributed by atoms with Gasteiger partial charge in [0.25, 0.3) is 0 Å². The first-order chi connectivity index (χ1) is 9.13. The highest BCUT2D eigenvalue weighted by molar-refractivity contribution is 5.32. The molecular formula is C16H22N2O.